The molecule has 0 bridgehead atoms. The molecule has 0 aliphatic carbocycles. The monoisotopic (exact) mass is 1480 g/mol. The molecule has 16 nitrogen and oxygen atoms in total. The highest BCUT2D eigenvalue weighted by Crippen LogP contribution is 2.45. The van der Waals surface area contributed by atoms with Crippen molar-refractivity contribution in [2.45, 2.75) is 309 Å². The third-order valence-electron chi connectivity index (χ3n) is 15.9. The number of aliphatic hydroxyl groups excluding tert-OH is 2. The Morgan fingerprint density at radius 1 is 0.272 bits per heavy atom. The number of hydrogen-bond donors (Lipinski definition) is 4. The maximum absolute atomic E-state index is 13.0. The lowest BCUT2D eigenvalue weighted by atomic mass is 10.0. The van der Waals surface area contributed by atoms with Gasteiger partial charge in [-0.3, -0.25) is 32.5 Å². The second-order valence-corrected chi connectivity index (χ2v) is 28.6. The highest BCUT2D eigenvalue weighted by atomic mass is 31.2. The maximum atomic E-state index is 13.0. The van der Waals surface area contributed by atoms with Gasteiger partial charge in [-0.15, -0.1) is 0 Å². The number of phosphoric acid groups is 2. The number of hydrogen-bond acceptors (Lipinski definition) is 14. The van der Waals surface area contributed by atoms with Crippen LogP contribution in [0.25, 0.3) is 0 Å². The van der Waals surface area contributed by atoms with E-state index in [0.717, 1.165) is 193 Å². The molecule has 0 aromatic carbocycles. The molecule has 0 saturated heterocycles. The molecule has 0 fully saturated rings. The molecule has 5 unspecified atom stereocenters. The molecule has 0 aromatic rings. The van der Waals surface area contributed by atoms with Crippen molar-refractivity contribution in [2.75, 3.05) is 39.6 Å². The van der Waals surface area contributed by atoms with Crippen LogP contribution in [0.5, 0.6) is 0 Å². The predicted octanol–water partition coefficient (Wildman–Crippen LogP) is 23.2. The number of rotatable bonds is 73. The van der Waals surface area contributed by atoms with Crippen LogP contribution in [-0.2, 0) is 55.8 Å². The summed E-state index contributed by atoms with van der Waals surface area (Å²) in [6.07, 6.45) is 96.7. The Morgan fingerprint density at radius 2 is 0.485 bits per heavy atom. The zero-order valence-electron chi connectivity index (χ0n) is 63.9. The largest absolute Gasteiger partial charge is 0.472 e. The van der Waals surface area contributed by atoms with E-state index in [-0.39, 0.29) is 19.3 Å². The van der Waals surface area contributed by atoms with Crippen LogP contribution in [0.2, 0.25) is 0 Å². The van der Waals surface area contributed by atoms with Crippen LogP contribution in [-0.4, -0.2) is 95.9 Å². The van der Waals surface area contributed by atoms with Crippen LogP contribution >= 0.6 is 15.6 Å². The number of carbonyl (C=O) groups is 3. The Hall–Kier alpha value is -5.09. The zero-order chi connectivity index (χ0) is 75.2. The molecule has 103 heavy (non-hydrogen) atoms. The molecule has 4 N–H and O–H groups in total. The minimum absolute atomic E-state index is 0.0776. The number of ether oxygens (including phenoxy) is 3. The van der Waals surface area contributed by atoms with Crippen molar-refractivity contribution < 1.29 is 75.8 Å². The molecule has 0 amide bonds. The van der Waals surface area contributed by atoms with Crippen molar-refractivity contribution >= 4 is 33.6 Å². The van der Waals surface area contributed by atoms with E-state index >= 15 is 0 Å². The SMILES string of the molecule is CC/C=C\C/C=C\C/C=C\C/C=C\C/C=C\CCCCCCCCCCCCCC(=O)OCC(O)COP(=O)(O)OCC(O)COP(=O)(O)OCC(COC(=O)CCCCCCC/C=C\C/C=C\C/C=C\C/C=C\C/C=C\CC)OC(=O)CCCCCCCC/C=C\C/C=C\C/C=C\C/C=C\CC. The van der Waals surface area contributed by atoms with Gasteiger partial charge in [-0.2, -0.15) is 0 Å². The van der Waals surface area contributed by atoms with E-state index in [1.807, 2.05) is 0 Å². The van der Waals surface area contributed by atoms with E-state index < -0.39 is 91.5 Å². The van der Waals surface area contributed by atoms with Gasteiger partial charge >= 0.3 is 33.6 Å². The standard InChI is InChI=1S/C85H140O16P2/c1-4-7-10-13-16-19-22-25-28-31-34-36-37-38-39-40-41-43-46-47-50-53-56-59-62-65-68-71-83(88)95-74-80(86)75-97-102(91,92)98-76-81(87)77-99-103(93,94)100-79-82(101-85(90)73-70-67-64-61-58-55-52-49-44-33-30-27-24-21-18-15-12-9-6-3)78-96-84(89)72-69-66-63-60-57-54-51-48-45-42-35-32-29-26-23-20-17-14-11-8-5-2/h7-12,16-21,25-30,34-36,38-39,42,44,48-49,51,80-82,86-87H,4-6,13-15,22-24,31-33,37,40-41,43,45-47,50,52-79H2,1-3H3,(H,91,92)(H,93,94)/b10-7-,11-8-,12-9-,19-16-,20-17-,21-18-,28-25-,29-26-,30-27-,36-34-,39-38-,42-35-,49-44-,51-48-. The highest BCUT2D eigenvalue weighted by molar-refractivity contribution is 7.47. The van der Waals surface area contributed by atoms with Gasteiger partial charge in [0.2, 0.25) is 0 Å². The molecule has 5 atom stereocenters. The van der Waals surface area contributed by atoms with E-state index in [1.165, 1.54) is 38.5 Å². The van der Waals surface area contributed by atoms with Gasteiger partial charge in [0.25, 0.3) is 0 Å². The van der Waals surface area contributed by atoms with Crippen LogP contribution in [0, 0.1) is 0 Å². The summed E-state index contributed by atoms with van der Waals surface area (Å²) in [5, 5.41) is 20.7. The van der Waals surface area contributed by atoms with Crippen LogP contribution in [0.3, 0.4) is 0 Å². The average molecular weight is 1480 g/mol. The topological polar surface area (TPSA) is 231 Å². The van der Waals surface area contributed by atoms with Crippen molar-refractivity contribution in [3.05, 3.63) is 170 Å². The Bertz CT molecular complexity index is 2550. The summed E-state index contributed by atoms with van der Waals surface area (Å²) in [5.41, 5.74) is 0. The van der Waals surface area contributed by atoms with E-state index in [0.29, 0.717) is 19.3 Å². The minimum Gasteiger partial charge on any atom is -0.463 e. The van der Waals surface area contributed by atoms with Gasteiger partial charge in [0.05, 0.1) is 26.4 Å². The Labute approximate surface area is 624 Å². The van der Waals surface area contributed by atoms with Gasteiger partial charge in [0.15, 0.2) is 6.10 Å². The third kappa shape index (κ3) is 77.8. The van der Waals surface area contributed by atoms with Crippen molar-refractivity contribution in [1.29, 1.82) is 0 Å². The number of carbonyl (C=O) groups excluding carboxylic acids is 3. The first-order valence-corrected chi connectivity index (χ1v) is 42.4. The molecule has 18 heteroatoms. The Kier molecular flexibility index (Phi) is 72.8. The zero-order valence-corrected chi connectivity index (χ0v) is 65.7. The summed E-state index contributed by atoms with van der Waals surface area (Å²) in [7, 11) is -9.81. The van der Waals surface area contributed by atoms with Crippen LogP contribution in [0.1, 0.15) is 290 Å². The summed E-state index contributed by atoms with van der Waals surface area (Å²) in [4.78, 5) is 58.7. The molecule has 0 rings (SSSR count). The minimum atomic E-state index is -4.95. The summed E-state index contributed by atoms with van der Waals surface area (Å²) < 4.78 is 61.2. The summed E-state index contributed by atoms with van der Waals surface area (Å²) in [6, 6.07) is 0. The first-order valence-electron chi connectivity index (χ1n) is 39.4. The van der Waals surface area contributed by atoms with Crippen molar-refractivity contribution in [3.63, 3.8) is 0 Å². The normalized spacial score (nSPS) is 14.9. The lowest BCUT2D eigenvalue weighted by molar-refractivity contribution is -0.161. The maximum Gasteiger partial charge on any atom is 0.472 e. The predicted molar refractivity (Wildman–Crippen MR) is 426 cm³/mol. The van der Waals surface area contributed by atoms with Gasteiger partial charge in [-0.25, -0.2) is 9.13 Å². The summed E-state index contributed by atoms with van der Waals surface area (Å²) >= 11 is 0. The number of esters is 3. The number of phosphoric ester groups is 2. The third-order valence-corrected chi connectivity index (χ3v) is 17.8. The lowest BCUT2D eigenvalue weighted by Gasteiger charge is -2.21. The first-order chi connectivity index (χ1) is 50.2. The van der Waals surface area contributed by atoms with Crippen LogP contribution in [0.15, 0.2) is 170 Å². The fourth-order valence-electron chi connectivity index (χ4n) is 10.0. The van der Waals surface area contributed by atoms with E-state index in [9.17, 15) is 43.5 Å². The van der Waals surface area contributed by atoms with E-state index in [1.54, 1.807) is 0 Å². The van der Waals surface area contributed by atoms with Crippen molar-refractivity contribution in [3.8, 4) is 0 Å². The molecule has 0 aliphatic rings. The Balaban J connectivity index is 4.66. The molecule has 0 aliphatic heterocycles. The van der Waals surface area contributed by atoms with Gasteiger partial charge < -0.3 is 34.2 Å². The van der Waals surface area contributed by atoms with Crippen molar-refractivity contribution in [2.24, 2.45) is 0 Å². The van der Waals surface area contributed by atoms with Crippen LogP contribution < -0.4 is 0 Å². The second-order valence-electron chi connectivity index (χ2n) is 25.7. The lowest BCUT2D eigenvalue weighted by Crippen LogP contribution is -2.30. The Morgan fingerprint density at radius 3 is 0.767 bits per heavy atom. The van der Waals surface area contributed by atoms with Gasteiger partial charge in [-0.05, 0) is 148 Å². The molecule has 0 radical (unpaired) electrons. The molecular formula is C85H140O16P2. The second kappa shape index (κ2) is 76.6. The molecule has 0 heterocycles. The van der Waals surface area contributed by atoms with Gasteiger partial charge in [0, 0.05) is 19.3 Å². The molecule has 0 saturated carbocycles. The fourth-order valence-corrected chi connectivity index (χ4v) is 11.6. The number of aliphatic hydroxyl groups is 2. The first kappa shape index (κ1) is 97.9. The summed E-state index contributed by atoms with van der Waals surface area (Å²) in [6.45, 7) is 2.29. The molecule has 586 valence electrons. The molecule has 0 aromatic heterocycles. The quantitative estimate of drug-likeness (QED) is 0.0146. The number of allylic oxidation sites excluding steroid dienone is 28. The van der Waals surface area contributed by atoms with Gasteiger partial charge in [-0.1, -0.05) is 294 Å². The van der Waals surface area contributed by atoms with E-state index in [4.69, 9.17) is 32.3 Å². The van der Waals surface area contributed by atoms with E-state index in [2.05, 4.69) is 191 Å². The number of unbranched alkanes of at least 4 members (excludes halogenated alkanes) is 22. The van der Waals surface area contributed by atoms with Crippen LogP contribution in [0.4, 0.5) is 0 Å². The smallest absolute Gasteiger partial charge is 0.463 e. The summed E-state index contributed by atoms with van der Waals surface area (Å²) in [5.74, 6) is -1.62. The molecule has 0 spiro atoms. The fraction of sp³-hybridized carbons (Fsp3) is 0.635. The molecular weight excluding hydrogens is 1340 g/mol. The van der Waals surface area contributed by atoms with Crippen molar-refractivity contribution in [1.82, 2.24) is 0 Å². The van der Waals surface area contributed by atoms with Gasteiger partial charge in [0.1, 0.15) is 25.4 Å². The average Bonchev–Trinajstić information content (AvgIpc) is 0.923. The highest BCUT2D eigenvalue weighted by Gasteiger charge is 2.29.